The molecule has 0 radical (unpaired) electrons. The minimum atomic E-state index is -0.381. The van der Waals surface area contributed by atoms with Gasteiger partial charge in [-0.2, -0.15) is 0 Å². The molecule has 1 fully saturated rings. The smallest absolute Gasteiger partial charge is 0.273 e. The summed E-state index contributed by atoms with van der Waals surface area (Å²) in [5.41, 5.74) is 1.09. The molecule has 5 nitrogen and oxygen atoms in total. The fourth-order valence-electron chi connectivity index (χ4n) is 3.02. The average Bonchev–Trinajstić information content (AvgIpc) is 2.46. The van der Waals surface area contributed by atoms with E-state index < -0.39 is 0 Å². The van der Waals surface area contributed by atoms with E-state index in [9.17, 15) is 10.1 Å². The van der Waals surface area contributed by atoms with Crippen molar-refractivity contribution in [3.8, 4) is 5.75 Å². The van der Waals surface area contributed by atoms with Crippen molar-refractivity contribution in [3.63, 3.8) is 0 Å². The van der Waals surface area contributed by atoms with Crippen molar-refractivity contribution >= 4 is 5.69 Å². The number of benzene rings is 1. The van der Waals surface area contributed by atoms with E-state index in [1.165, 1.54) is 12.1 Å². The normalized spacial score (nSPS) is 28.0. The summed E-state index contributed by atoms with van der Waals surface area (Å²) in [7, 11) is 0. The van der Waals surface area contributed by atoms with Crippen molar-refractivity contribution in [2.45, 2.75) is 52.7 Å². The Labute approximate surface area is 125 Å². The molecule has 0 saturated heterocycles. The Kier molecular flexibility index (Phi) is 4.52. The Morgan fingerprint density at radius 2 is 2.19 bits per heavy atom. The highest BCUT2D eigenvalue weighted by atomic mass is 16.6. The molecule has 116 valence electrons. The molecule has 0 bridgehead atoms. The van der Waals surface area contributed by atoms with Crippen LogP contribution in [0.25, 0.3) is 0 Å². The predicted octanol–water partition coefficient (Wildman–Crippen LogP) is 3.45. The predicted molar refractivity (Wildman–Crippen MR) is 82.7 cm³/mol. The number of nitrogens with one attached hydrogen (secondary N) is 1. The van der Waals surface area contributed by atoms with Crippen LogP contribution in [-0.2, 0) is 0 Å². The van der Waals surface area contributed by atoms with E-state index in [0.29, 0.717) is 11.8 Å². The van der Waals surface area contributed by atoms with Crippen LogP contribution in [0.5, 0.6) is 5.75 Å². The molecule has 0 aliphatic heterocycles. The van der Waals surface area contributed by atoms with Crippen LogP contribution in [0.4, 0.5) is 5.69 Å². The van der Waals surface area contributed by atoms with E-state index in [2.05, 4.69) is 26.1 Å². The number of non-ortho nitro benzene ring substituents is 1. The van der Waals surface area contributed by atoms with Gasteiger partial charge in [-0.05, 0) is 31.5 Å². The van der Waals surface area contributed by atoms with Gasteiger partial charge in [-0.1, -0.05) is 20.8 Å². The first-order valence-electron chi connectivity index (χ1n) is 7.57. The molecule has 0 aromatic heterocycles. The van der Waals surface area contributed by atoms with Crippen LogP contribution in [-0.4, -0.2) is 23.6 Å². The summed E-state index contributed by atoms with van der Waals surface area (Å²) in [6, 6.07) is 5.25. The van der Waals surface area contributed by atoms with E-state index in [-0.39, 0.29) is 22.1 Å². The second kappa shape index (κ2) is 6.02. The van der Waals surface area contributed by atoms with E-state index in [0.717, 1.165) is 24.9 Å². The van der Waals surface area contributed by atoms with Gasteiger partial charge in [-0.15, -0.1) is 0 Å². The van der Waals surface area contributed by atoms with Crippen LogP contribution in [0.2, 0.25) is 0 Å². The van der Waals surface area contributed by atoms with Gasteiger partial charge in [-0.25, -0.2) is 0 Å². The van der Waals surface area contributed by atoms with Crippen molar-refractivity contribution in [2.75, 3.05) is 6.54 Å². The van der Waals surface area contributed by atoms with Crippen LogP contribution < -0.4 is 10.1 Å². The summed E-state index contributed by atoms with van der Waals surface area (Å²) in [5.74, 6) is 0.629. The van der Waals surface area contributed by atoms with Crippen molar-refractivity contribution in [3.05, 3.63) is 33.9 Å². The lowest BCUT2D eigenvalue weighted by Gasteiger charge is -2.53. The van der Waals surface area contributed by atoms with E-state index >= 15 is 0 Å². The third-order valence-corrected chi connectivity index (χ3v) is 4.85. The maximum Gasteiger partial charge on any atom is 0.273 e. The summed E-state index contributed by atoms with van der Waals surface area (Å²) in [5, 5.41) is 14.4. The van der Waals surface area contributed by atoms with Crippen LogP contribution in [0.3, 0.4) is 0 Å². The zero-order chi connectivity index (χ0) is 15.6. The minimum Gasteiger partial charge on any atom is -0.489 e. The van der Waals surface area contributed by atoms with Gasteiger partial charge in [0.2, 0.25) is 0 Å². The van der Waals surface area contributed by atoms with Crippen LogP contribution in [0.1, 0.15) is 39.2 Å². The first kappa shape index (κ1) is 15.8. The fourth-order valence-corrected chi connectivity index (χ4v) is 3.02. The van der Waals surface area contributed by atoms with E-state index in [4.69, 9.17) is 4.74 Å². The minimum absolute atomic E-state index is 0.0765. The number of hydrogen-bond donors (Lipinski definition) is 1. The average molecular weight is 292 g/mol. The number of aryl methyl sites for hydroxylation is 1. The third kappa shape index (κ3) is 2.88. The van der Waals surface area contributed by atoms with Crippen molar-refractivity contribution in [1.82, 2.24) is 5.32 Å². The summed E-state index contributed by atoms with van der Waals surface area (Å²) >= 11 is 0. The van der Waals surface area contributed by atoms with Gasteiger partial charge in [0.05, 0.1) is 11.0 Å². The Balaban J connectivity index is 2.15. The lowest BCUT2D eigenvalue weighted by atomic mass is 9.61. The molecule has 1 aliphatic rings. The lowest BCUT2D eigenvalue weighted by molar-refractivity contribution is -0.385. The molecule has 1 N–H and O–H groups in total. The van der Waals surface area contributed by atoms with Crippen LogP contribution in [0, 0.1) is 22.5 Å². The highest BCUT2D eigenvalue weighted by Crippen LogP contribution is 2.46. The topological polar surface area (TPSA) is 64.4 Å². The van der Waals surface area contributed by atoms with Crippen molar-refractivity contribution in [2.24, 2.45) is 5.41 Å². The molecule has 0 amide bonds. The summed E-state index contributed by atoms with van der Waals surface area (Å²) in [6.45, 7) is 9.36. The summed E-state index contributed by atoms with van der Waals surface area (Å²) in [6.07, 6.45) is 2.07. The Bertz CT molecular complexity index is 532. The maximum atomic E-state index is 10.9. The molecule has 0 heterocycles. The number of nitro benzene ring substituents is 1. The van der Waals surface area contributed by atoms with Gasteiger partial charge in [0, 0.05) is 23.9 Å². The van der Waals surface area contributed by atoms with E-state index in [1.54, 1.807) is 6.07 Å². The Morgan fingerprint density at radius 1 is 1.48 bits per heavy atom. The first-order valence-corrected chi connectivity index (χ1v) is 7.57. The highest BCUT2D eigenvalue weighted by molar-refractivity contribution is 5.44. The SMILES string of the molecule is CCNC1CC(Oc2cc([N+](=O)[O-])ccc2C)C1(C)CC. The van der Waals surface area contributed by atoms with Crippen molar-refractivity contribution < 1.29 is 9.66 Å². The van der Waals surface area contributed by atoms with Gasteiger partial charge < -0.3 is 10.1 Å². The van der Waals surface area contributed by atoms with Gasteiger partial charge in [0.25, 0.3) is 5.69 Å². The number of hydrogen-bond acceptors (Lipinski definition) is 4. The van der Waals surface area contributed by atoms with Gasteiger partial charge in [0.1, 0.15) is 11.9 Å². The monoisotopic (exact) mass is 292 g/mol. The molecule has 1 saturated carbocycles. The van der Waals surface area contributed by atoms with Crippen molar-refractivity contribution in [1.29, 1.82) is 0 Å². The summed E-state index contributed by atoms with van der Waals surface area (Å²) in [4.78, 5) is 10.5. The largest absolute Gasteiger partial charge is 0.489 e. The van der Waals surface area contributed by atoms with E-state index in [1.807, 2.05) is 6.92 Å². The third-order valence-electron chi connectivity index (χ3n) is 4.85. The fraction of sp³-hybridized carbons (Fsp3) is 0.625. The second-order valence-electron chi connectivity index (χ2n) is 6.02. The number of rotatable bonds is 6. The zero-order valence-corrected chi connectivity index (χ0v) is 13.2. The number of nitro groups is 1. The van der Waals surface area contributed by atoms with Crippen LogP contribution in [0.15, 0.2) is 18.2 Å². The molecule has 2 rings (SSSR count). The molecule has 0 spiro atoms. The zero-order valence-electron chi connectivity index (χ0n) is 13.2. The molecule has 21 heavy (non-hydrogen) atoms. The Hall–Kier alpha value is -1.62. The quantitative estimate of drug-likeness (QED) is 0.644. The molecular formula is C16H24N2O3. The Morgan fingerprint density at radius 3 is 2.76 bits per heavy atom. The van der Waals surface area contributed by atoms with Gasteiger partial charge in [0.15, 0.2) is 0 Å². The molecule has 1 aliphatic carbocycles. The van der Waals surface area contributed by atoms with Gasteiger partial charge >= 0.3 is 0 Å². The summed E-state index contributed by atoms with van der Waals surface area (Å²) < 4.78 is 6.11. The molecule has 1 aromatic rings. The van der Waals surface area contributed by atoms with Crippen LogP contribution >= 0.6 is 0 Å². The molecule has 3 unspecified atom stereocenters. The standard InChI is InChI=1S/C16H24N2O3/c1-5-16(4)14(17-6-2)10-15(16)21-13-9-12(18(19)20)8-7-11(13)3/h7-9,14-15,17H,5-6,10H2,1-4H3. The first-order chi connectivity index (χ1) is 9.92. The number of nitrogens with zero attached hydrogens (tertiary/aromatic N) is 1. The van der Waals surface area contributed by atoms with Gasteiger partial charge in [-0.3, -0.25) is 10.1 Å². The molecule has 3 atom stereocenters. The molecule has 5 heteroatoms. The second-order valence-corrected chi connectivity index (χ2v) is 6.02. The lowest BCUT2D eigenvalue weighted by Crippen LogP contribution is -2.63. The maximum absolute atomic E-state index is 10.9. The molecule has 1 aromatic carbocycles. The highest BCUT2D eigenvalue weighted by Gasteiger charge is 2.51. The number of ether oxygens (including phenoxy) is 1. The molecular weight excluding hydrogens is 268 g/mol.